The Morgan fingerprint density at radius 3 is 2.86 bits per heavy atom. The maximum absolute atomic E-state index is 10.7. The number of alkyl halides is 1. The van der Waals surface area contributed by atoms with Crippen LogP contribution >= 0.6 is 43.2 Å². The lowest BCUT2D eigenvalue weighted by Gasteiger charge is -2.00. The highest BCUT2D eigenvalue weighted by Crippen LogP contribution is 2.31. The summed E-state index contributed by atoms with van der Waals surface area (Å²) >= 11 is 8.51. The van der Waals surface area contributed by atoms with Crippen LogP contribution in [-0.2, 0) is 5.33 Å². The Kier molecular flexibility index (Phi) is 3.04. The van der Waals surface area contributed by atoms with Crippen LogP contribution in [0.15, 0.2) is 22.0 Å². The number of halogens is 2. The Morgan fingerprint density at radius 2 is 2.21 bits per heavy atom. The van der Waals surface area contributed by atoms with Gasteiger partial charge in [0.25, 0.3) is 0 Å². The molecule has 2 rings (SSSR count). The zero-order chi connectivity index (χ0) is 10.1. The minimum absolute atomic E-state index is 0.778. The predicted molar refractivity (Wildman–Crippen MR) is 67.5 cm³/mol. The van der Waals surface area contributed by atoms with E-state index in [1.54, 1.807) is 11.3 Å². The van der Waals surface area contributed by atoms with Gasteiger partial charge < -0.3 is 0 Å². The van der Waals surface area contributed by atoms with E-state index in [0.29, 0.717) is 0 Å². The molecule has 1 nitrogen and oxygen atoms in total. The molecule has 0 aliphatic heterocycles. The van der Waals surface area contributed by atoms with E-state index in [1.165, 1.54) is 5.56 Å². The molecule has 1 aromatic heterocycles. The van der Waals surface area contributed by atoms with Crippen molar-refractivity contribution in [2.24, 2.45) is 0 Å². The summed E-state index contributed by atoms with van der Waals surface area (Å²) in [5, 5.41) is 3.72. The molecule has 0 saturated heterocycles. The van der Waals surface area contributed by atoms with Crippen LogP contribution in [0.5, 0.6) is 0 Å². The van der Waals surface area contributed by atoms with Crippen LogP contribution in [0, 0.1) is 0 Å². The van der Waals surface area contributed by atoms with Crippen molar-refractivity contribution in [2.45, 2.75) is 5.33 Å². The lowest BCUT2D eigenvalue weighted by Crippen LogP contribution is -1.81. The van der Waals surface area contributed by atoms with Crippen LogP contribution in [0.1, 0.15) is 15.9 Å². The molecular formula is C10H6Br2OS. The number of carbonyl (C=O) groups excluding carboxylic acids is 1. The number of carbonyl (C=O) groups is 1. The van der Waals surface area contributed by atoms with E-state index in [-0.39, 0.29) is 0 Å². The molecule has 0 radical (unpaired) electrons. The average molecular weight is 334 g/mol. The van der Waals surface area contributed by atoms with Gasteiger partial charge in [0.15, 0.2) is 6.29 Å². The number of hydrogen-bond acceptors (Lipinski definition) is 2. The average Bonchev–Trinajstić information content (AvgIpc) is 2.58. The highest BCUT2D eigenvalue weighted by Gasteiger charge is 2.06. The fraction of sp³-hybridized carbons (Fsp3) is 0.100. The maximum atomic E-state index is 10.7. The minimum atomic E-state index is 0.778. The lowest BCUT2D eigenvalue weighted by molar-refractivity contribution is 0.112. The second-order valence-electron chi connectivity index (χ2n) is 2.88. The van der Waals surface area contributed by atoms with Crippen molar-refractivity contribution in [3.05, 3.63) is 33.1 Å². The number of aldehydes is 1. The van der Waals surface area contributed by atoms with Crippen molar-refractivity contribution in [1.29, 1.82) is 0 Å². The standard InChI is InChI=1S/C10H6Br2OS/c11-3-6-1-8-7(4-13)5-14-10(8)2-9(6)12/h1-2,4-5H,3H2. The van der Waals surface area contributed by atoms with Gasteiger partial charge in [0.05, 0.1) is 0 Å². The SMILES string of the molecule is O=Cc1csc2cc(Br)c(CBr)cc12. The highest BCUT2D eigenvalue weighted by molar-refractivity contribution is 9.10. The van der Waals surface area contributed by atoms with E-state index in [9.17, 15) is 4.79 Å². The summed E-state index contributed by atoms with van der Waals surface area (Å²) in [5.74, 6) is 0. The van der Waals surface area contributed by atoms with Crippen LogP contribution in [0.25, 0.3) is 10.1 Å². The molecule has 0 atom stereocenters. The van der Waals surface area contributed by atoms with Crippen LogP contribution in [-0.4, -0.2) is 6.29 Å². The van der Waals surface area contributed by atoms with Crippen molar-refractivity contribution in [1.82, 2.24) is 0 Å². The van der Waals surface area contributed by atoms with E-state index in [2.05, 4.69) is 44.0 Å². The van der Waals surface area contributed by atoms with Gasteiger partial charge in [0, 0.05) is 30.8 Å². The van der Waals surface area contributed by atoms with Crippen LogP contribution < -0.4 is 0 Å². The summed E-state index contributed by atoms with van der Waals surface area (Å²) in [7, 11) is 0. The monoisotopic (exact) mass is 332 g/mol. The van der Waals surface area contributed by atoms with E-state index >= 15 is 0 Å². The Hall–Kier alpha value is -0.190. The van der Waals surface area contributed by atoms with Gasteiger partial charge in [-0.05, 0) is 17.7 Å². The Balaban J connectivity index is 2.76. The molecule has 0 bridgehead atoms. The summed E-state index contributed by atoms with van der Waals surface area (Å²) in [5.41, 5.74) is 1.94. The summed E-state index contributed by atoms with van der Waals surface area (Å²) in [6.45, 7) is 0. The van der Waals surface area contributed by atoms with E-state index in [0.717, 1.165) is 31.7 Å². The van der Waals surface area contributed by atoms with E-state index in [1.807, 2.05) is 5.38 Å². The normalized spacial score (nSPS) is 10.7. The molecule has 0 unspecified atom stereocenters. The Morgan fingerprint density at radius 1 is 1.43 bits per heavy atom. The number of fused-ring (bicyclic) bond motifs is 1. The van der Waals surface area contributed by atoms with E-state index < -0.39 is 0 Å². The van der Waals surface area contributed by atoms with Gasteiger partial charge in [-0.2, -0.15) is 0 Å². The van der Waals surface area contributed by atoms with Gasteiger partial charge in [0.1, 0.15) is 0 Å². The van der Waals surface area contributed by atoms with Crippen molar-refractivity contribution in [2.75, 3.05) is 0 Å². The first-order valence-electron chi connectivity index (χ1n) is 3.97. The maximum Gasteiger partial charge on any atom is 0.151 e. The largest absolute Gasteiger partial charge is 0.298 e. The molecular weight excluding hydrogens is 328 g/mol. The first-order chi connectivity index (χ1) is 6.76. The fourth-order valence-corrected chi connectivity index (χ4v) is 3.71. The molecule has 14 heavy (non-hydrogen) atoms. The van der Waals surface area contributed by atoms with Gasteiger partial charge in [0.2, 0.25) is 0 Å². The summed E-state index contributed by atoms with van der Waals surface area (Å²) < 4.78 is 2.23. The van der Waals surface area contributed by atoms with E-state index in [4.69, 9.17) is 0 Å². The molecule has 1 aromatic carbocycles. The zero-order valence-corrected chi connectivity index (χ0v) is 11.1. The van der Waals surface area contributed by atoms with Gasteiger partial charge in [-0.3, -0.25) is 4.79 Å². The molecule has 72 valence electrons. The molecule has 0 amide bonds. The molecule has 2 aromatic rings. The van der Waals surface area contributed by atoms with Crippen molar-refractivity contribution in [3.63, 3.8) is 0 Å². The third kappa shape index (κ3) is 1.66. The number of thiophene rings is 1. The smallest absolute Gasteiger partial charge is 0.151 e. The molecule has 0 spiro atoms. The second-order valence-corrected chi connectivity index (χ2v) is 5.21. The topological polar surface area (TPSA) is 17.1 Å². The molecule has 0 aliphatic rings. The summed E-state index contributed by atoms with van der Waals surface area (Å²) in [6, 6.07) is 4.11. The molecule has 0 fully saturated rings. The Bertz CT molecular complexity index is 490. The van der Waals surface area contributed by atoms with Crippen LogP contribution in [0.2, 0.25) is 0 Å². The van der Waals surface area contributed by atoms with Gasteiger partial charge in [-0.25, -0.2) is 0 Å². The Labute approximate surface area is 102 Å². The van der Waals surface area contributed by atoms with Crippen molar-refractivity contribution < 1.29 is 4.79 Å². The first-order valence-corrected chi connectivity index (χ1v) is 6.76. The molecule has 0 aliphatic carbocycles. The lowest BCUT2D eigenvalue weighted by atomic mass is 10.1. The van der Waals surface area contributed by atoms with Crippen molar-refractivity contribution >= 4 is 59.6 Å². The highest BCUT2D eigenvalue weighted by atomic mass is 79.9. The number of hydrogen-bond donors (Lipinski definition) is 0. The summed E-state index contributed by atoms with van der Waals surface area (Å²) in [6.07, 6.45) is 0.907. The fourth-order valence-electron chi connectivity index (χ4n) is 1.31. The van der Waals surface area contributed by atoms with Crippen molar-refractivity contribution in [3.8, 4) is 0 Å². The first kappa shape index (κ1) is 10.3. The summed E-state index contributed by atoms with van der Waals surface area (Å²) in [4.78, 5) is 10.7. The minimum Gasteiger partial charge on any atom is -0.298 e. The van der Waals surface area contributed by atoms with Crippen LogP contribution in [0.3, 0.4) is 0 Å². The third-order valence-electron chi connectivity index (χ3n) is 2.04. The van der Waals surface area contributed by atoms with Gasteiger partial charge in [-0.15, -0.1) is 11.3 Å². The quantitative estimate of drug-likeness (QED) is 0.589. The third-order valence-corrected chi connectivity index (χ3v) is 4.35. The number of rotatable bonds is 2. The predicted octanol–water partition coefficient (Wildman–Crippen LogP) is 4.37. The van der Waals surface area contributed by atoms with Crippen LogP contribution in [0.4, 0.5) is 0 Å². The number of benzene rings is 1. The molecule has 0 saturated carbocycles. The van der Waals surface area contributed by atoms with Gasteiger partial charge in [-0.1, -0.05) is 31.9 Å². The zero-order valence-electron chi connectivity index (χ0n) is 7.09. The van der Waals surface area contributed by atoms with Gasteiger partial charge >= 0.3 is 0 Å². The second kappa shape index (κ2) is 4.13. The molecule has 4 heteroatoms. The molecule has 1 heterocycles. The molecule has 0 N–H and O–H groups in total.